The Bertz CT molecular complexity index is 1460. The van der Waals surface area contributed by atoms with Crippen molar-refractivity contribution in [3.63, 3.8) is 0 Å². The summed E-state index contributed by atoms with van der Waals surface area (Å²) < 4.78 is 14.3. The van der Waals surface area contributed by atoms with E-state index in [4.69, 9.17) is 0 Å². The highest BCUT2D eigenvalue weighted by Gasteiger charge is 2.67. The summed E-state index contributed by atoms with van der Waals surface area (Å²) in [6.07, 6.45) is 5.51. The summed E-state index contributed by atoms with van der Waals surface area (Å²) in [7, 11) is 0. The molecular formula is C29H32FN5O5. The second kappa shape index (κ2) is 8.87. The number of aromatic nitrogens is 1. The molecule has 1 spiro atoms. The van der Waals surface area contributed by atoms with Crippen molar-refractivity contribution >= 4 is 40.3 Å². The summed E-state index contributed by atoms with van der Waals surface area (Å²) in [5, 5.41) is 8.71. The lowest BCUT2D eigenvalue weighted by atomic mass is 9.86. The number of nitrogens with one attached hydrogen (secondary N) is 4. The van der Waals surface area contributed by atoms with Crippen LogP contribution in [0.1, 0.15) is 61.9 Å². The van der Waals surface area contributed by atoms with Crippen molar-refractivity contribution < 1.29 is 28.4 Å². The Morgan fingerprint density at radius 3 is 2.52 bits per heavy atom. The number of likely N-dealkylation sites (tertiary alicyclic amines) is 1. The summed E-state index contributed by atoms with van der Waals surface area (Å²) in [6, 6.07) is 5.15. The maximum absolute atomic E-state index is 14.3. The minimum atomic E-state index is -1.46. The van der Waals surface area contributed by atoms with E-state index in [2.05, 4.69) is 20.9 Å². The zero-order valence-electron chi connectivity index (χ0n) is 22.1. The number of piperidine rings is 1. The predicted octanol–water partition coefficient (Wildman–Crippen LogP) is 1.55. The van der Waals surface area contributed by atoms with E-state index >= 15 is 0 Å². The summed E-state index contributed by atoms with van der Waals surface area (Å²) in [6.45, 7) is 0.845. The number of hydrogen-bond acceptors (Lipinski definition) is 5. The standard InChI is InChI=1S/C29H32FN5O5/c30-19-2-1-3-20-17(19)12-21(33-20)27(40)35-11-9-28(7-8-28)14-22(35)25(38)34-29(23(36)26(39)32-15-4-5-15)13-18(29)16-6-10-31-24(16)37/h1-3,12,15-16,18,22,33H,4-11,13-14H2,(H,31,37)(H,32,39)(H,34,38)/t16-,18-,22-,29?/m0/s1. The molecule has 4 amide bonds. The zero-order valence-corrected chi connectivity index (χ0v) is 22.1. The molecule has 2 saturated heterocycles. The third kappa shape index (κ3) is 4.17. The predicted molar refractivity (Wildman–Crippen MR) is 140 cm³/mol. The van der Waals surface area contributed by atoms with Crippen molar-refractivity contribution in [3.05, 3.63) is 35.8 Å². The minimum Gasteiger partial charge on any atom is -0.356 e. The lowest BCUT2D eigenvalue weighted by Crippen LogP contribution is -2.59. The molecule has 210 valence electrons. The SMILES string of the molecule is O=C(NC1CC1)C(=O)C1(NC(=O)[C@@H]2CC3(CCN2C(=O)c2cc4c(F)cccc4[nH]2)CC3)C[C@H]1[C@@H]1CCNC1=O. The Labute approximate surface area is 229 Å². The van der Waals surface area contributed by atoms with Gasteiger partial charge in [-0.15, -0.1) is 0 Å². The van der Waals surface area contributed by atoms with Gasteiger partial charge in [0.05, 0.1) is 0 Å². The zero-order chi connectivity index (χ0) is 27.8. The number of fused-ring (bicyclic) bond motifs is 1. The van der Waals surface area contributed by atoms with Crippen LogP contribution in [0.3, 0.4) is 0 Å². The van der Waals surface area contributed by atoms with Crippen LogP contribution < -0.4 is 16.0 Å². The van der Waals surface area contributed by atoms with Crippen molar-refractivity contribution in [2.24, 2.45) is 17.3 Å². The number of nitrogens with zero attached hydrogens (tertiary/aromatic N) is 1. The number of Topliss-reactive ketones (excluding diaryl/α,β-unsaturated/α-hetero) is 1. The lowest BCUT2D eigenvalue weighted by Gasteiger charge is -2.39. The molecule has 3 heterocycles. The molecule has 11 heteroatoms. The van der Waals surface area contributed by atoms with Crippen LogP contribution in [-0.4, -0.2) is 70.0 Å². The molecule has 0 radical (unpaired) electrons. The Hall–Kier alpha value is -3.76. The van der Waals surface area contributed by atoms with Gasteiger partial charge in [-0.25, -0.2) is 4.39 Å². The number of ketones is 1. The van der Waals surface area contributed by atoms with E-state index in [1.54, 1.807) is 12.1 Å². The van der Waals surface area contributed by atoms with Crippen LogP contribution >= 0.6 is 0 Å². The molecule has 5 fully saturated rings. The second-order valence-electron chi connectivity index (χ2n) is 12.4. The van der Waals surface area contributed by atoms with Crippen molar-refractivity contribution in [2.45, 2.75) is 69.0 Å². The first kappa shape index (κ1) is 25.2. The van der Waals surface area contributed by atoms with Crippen molar-refractivity contribution in [2.75, 3.05) is 13.1 Å². The number of amides is 4. The first-order valence-electron chi connectivity index (χ1n) is 14.2. The van der Waals surface area contributed by atoms with Crippen LogP contribution in [0.5, 0.6) is 0 Å². The first-order chi connectivity index (χ1) is 19.2. The normalized spacial score (nSPS) is 30.2. The number of halogens is 1. The summed E-state index contributed by atoms with van der Waals surface area (Å²) >= 11 is 0. The van der Waals surface area contributed by atoms with E-state index < -0.39 is 52.7 Å². The van der Waals surface area contributed by atoms with Crippen molar-refractivity contribution in [1.29, 1.82) is 0 Å². The molecule has 1 unspecified atom stereocenters. The first-order valence-corrected chi connectivity index (χ1v) is 14.2. The highest BCUT2D eigenvalue weighted by atomic mass is 19.1. The monoisotopic (exact) mass is 549 g/mol. The highest BCUT2D eigenvalue weighted by molar-refractivity contribution is 6.41. The summed E-state index contributed by atoms with van der Waals surface area (Å²) in [5.74, 6) is -3.92. The van der Waals surface area contributed by atoms with Crippen molar-refractivity contribution in [3.8, 4) is 0 Å². The smallest absolute Gasteiger partial charge is 0.290 e. The largest absolute Gasteiger partial charge is 0.356 e. The summed E-state index contributed by atoms with van der Waals surface area (Å²) in [5.41, 5.74) is -0.802. The van der Waals surface area contributed by atoms with Gasteiger partial charge in [0.2, 0.25) is 17.6 Å². The van der Waals surface area contributed by atoms with E-state index in [-0.39, 0.29) is 29.5 Å². The van der Waals surface area contributed by atoms with Crippen LogP contribution in [0.25, 0.3) is 10.9 Å². The minimum absolute atomic E-state index is 0.0137. The van der Waals surface area contributed by atoms with Crippen LogP contribution in [0.2, 0.25) is 0 Å². The van der Waals surface area contributed by atoms with Crippen LogP contribution in [-0.2, 0) is 19.2 Å². The molecule has 4 atom stereocenters. The molecule has 0 bridgehead atoms. The molecule has 3 aliphatic carbocycles. The average Bonchev–Trinajstić information content (AvgIpc) is 3.90. The van der Waals surface area contributed by atoms with E-state index in [9.17, 15) is 28.4 Å². The van der Waals surface area contributed by atoms with Gasteiger partial charge in [-0.3, -0.25) is 24.0 Å². The molecule has 1 aromatic carbocycles. The van der Waals surface area contributed by atoms with Gasteiger partial charge in [0, 0.05) is 41.9 Å². The molecule has 4 N–H and O–H groups in total. The van der Waals surface area contributed by atoms with Crippen LogP contribution in [0.4, 0.5) is 4.39 Å². The molecule has 2 aliphatic heterocycles. The molecule has 10 nitrogen and oxygen atoms in total. The second-order valence-corrected chi connectivity index (χ2v) is 12.4. The van der Waals surface area contributed by atoms with Gasteiger partial charge >= 0.3 is 0 Å². The van der Waals surface area contributed by atoms with Gasteiger partial charge in [0.1, 0.15) is 23.1 Å². The maximum atomic E-state index is 14.3. The number of carbonyl (C=O) groups is 5. The molecule has 5 aliphatic rings. The van der Waals surface area contributed by atoms with E-state index in [1.165, 1.54) is 17.0 Å². The fourth-order valence-electron chi connectivity index (χ4n) is 6.85. The van der Waals surface area contributed by atoms with E-state index in [0.717, 1.165) is 32.1 Å². The lowest BCUT2D eigenvalue weighted by molar-refractivity contribution is -0.142. The third-order valence-corrected chi connectivity index (χ3v) is 9.71. The molecular weight excluding hydrogens is 517 g/mol. The van der Waals surface area contributed by atoms with Crippen LogP contribution in [0.15, 0.2) is 24.3 Å². The van der Waals surface area contributed by atoms with Gasteiger partial charge in [0.25, 0.3) is 11.8 Å². The van der Waals surface area contributed by atoms with Gasteiger partial charge in [-0.2, -0.15) is 0 Å². The molecule has 1 aromatic heterocycles. The van der Waals surface area contributed by atoms with E-state index in [1.807, 2.05) is 0 Å². The van der Waals surface area contributed by atoms with E-state index in [0.29, 0.717) is 36.8 Å². The van der Waals surface area contributed by atoms with Gasteiger partial charge < -0.3 is 25.8 Å². The fourth-order valence-corrected chi connectivity index (χ4v) is 6.85. The molecule has 3 saturated carbocycles. The Morgan fingerprint density at radius 1 is 1.05 bits per heavy atom. The van der Waals surface area contributed by atoms with Crippen LogP contribution in [0, 0.1) is 23.1 Å². The summed E-state index contributed by atoms with van der Waals surface area (Å²) in [4.78, 5) is 71.0. The maximum Gasteiger partial charge on any atom is 0.290 e. The van der Waals surface area contributed by atoms with Gasteiger partial charge in [-0.05, 0) is 75.0 Å². The fraction of sp³-hybridized carbons (Fsp3) is 0.552. The molecule has 2 aromatic rings. The number of carbonyl (C=O) groups excluding carboxylic acids is 5. The molecule has 40 heavy (non-hydrogen) atoms. The highest BCUT2D eigenvalue weighted by Crippen LogP contribution is 2.56. The Morgan fingerprint density at radius 2 is 1.85 bits per heavy atom. The van der Waals surface area contributed by atoms with Gasteiger partial charge in [0.15, 0.2) is 0 Å². The third-order valence-electron chi connectivity index (χ3n) is 9.71. The number of aromatic amines is 1. The van der Waals surface area contributed by atoms with Crippen molar-refractivity contribution in [1.82, 2.24) is 25.8 Å². The molecule has 7 rings (SSSR count). The van der Waals surface area contributed by atoms with Gasteiger partial charge in [-0.1, -0.05) is 6.07 Å². The topological polar surface area (TPSA) is 140 Å². The Kier molecular flexibility index (Phi) is 5.59. The average molecular weight is 550 g/mol. The number of benzene rings is 1. The quantitative estimate of drug-likeness (QED) is 0.388. The number of rotatable bonds is 7. The Balaban J connectivity index is 1.16. The number of H-pyrrole nitrogens is 1. The number of hydrogen-bond donors (Lipinski definition) is 4.